The maximum absolute atomic E-state index is 11.5. The minimum atomic E-state index is -0.482. The first-order valence-electron chi connectivity index (χ1n) is 5.25. The number of hydrogen-bond acceptors (Lipinski definition) is 4. The molecule has 0 aliphatic rings. The Bertz CT molecular complexity index is 426. The smallest absolute Gasteiger partial charge is 0.269 e. The number of benzene rings is 1. The largest absolute Gasteiger partial charge is 0.352 e. The molecule has 3 N–H and O–H groups in total. The standard InChI is InChI=1S/C11H15N3O3.ClH/c1-8(7-12)13-11(15)6-9-3-2-4-10(5-9)14(16)17;/h2-5,8H,6-7,12H2,1H3,(H,13,15);1H/t8-;/m0./s1. The highest BCUT2D eigenvalue weighted by molar-refractivity contribution is 5.85. The SMILES string of the molecule is C[C@@H](CN)NC(=O)Cc1cccc([N+](=O)[O-])c1.Cl. The fraction of sp³-hybridized carbons (Fsp3) is 0.364. The fourth-order valence-corrected chi connectivity index (χ4v) is 1.35. The lowest BCUT2D eigenvalue weighted by atomic mass is 10.1. The first-order chi connectivity index (χ1) is 8.02. The van der Waals surface area contributed by atoms with Crippen LogP contribution < -0.4 is 11.1 Å². The molecule has 7 heteroatoms. The molecule has 0 unspecified atom stereocenters. The monoisotopic (exact) mass is 273 g/mol. The third-order valence-corrected chi connectivity index (χ3v) is 2.25. The molecular formula is C11H16ClN3O3. The van der Waals surface area contributed by atoms with Crippen molar-refractivity contribution in [1.82, 2.24) is 5.32 Å². The van der Waals surface area contributed by atoms with Gasteiger partial charge in [-0.1, -0.05) is 12.1 Å². The molecule has 0 heterocycles. The summed E-state index contributed by atoms with van der Waals surface area (Å²) < 4.78 is 0. The second kappa shape index (κ2) is 7.62. The maximum Gasteiger partial charge on any atom is 0.269 e. The Morgan fingerprint density at radius 3 is 2.78 bits per heavy atom. The Morgan fingerprint density at radius 2 is 2.22 bits per heavy atom. The molecule has 0 aliphatic carbocycles. The van der Waals surface area contributed by atoms with Crippen LogP contribution in [0.3, 0.4) is 0 Å². The summed E-state index contributed by atoms with van der Waals surface area (Å²) in [5.41, 5.74) is 5.97. The van der Waals surface area contributed by atoms with E-state index in [1.54, 1.807) is 19.1 Å². The van der Waals surface area contributed by atoms with Crippen LogP contribution in [0.1, 0.15) is 12.5 Å². The molecule has 0 aromatic heterocycles. The van der Waals surface area contributed by atoms with Crippen molar-refractivity contribution in [2.45, 2.75) is 19.4 Å². The number of nitro benzene ring substituents is 1. The van der Waals surface area contributed by atoms with Crippen molar-refractivity contribution in [3.8, 4) is 0 Å². The Balaban J connectivity index is 0.00000289. The van der Waals surface area contributed by atoms with E-state index in [9.17, 15) is 14.9 Å². The predicted molar refractivity (Wildman–Crippen MR) is 70.7 cm³/mol. The number of nitro groups is 1. The first kappa shape index (κ1) is 16.3. The van der Waals surface area contributed by atoms with Gasteiger partial charge in [0.15, 0.2) is 0 Å². The summed E-state index contributed by atoms with van der Waals surface area (Å²) in [6, 6.07) is 5.94. The van der Waals surface area contributed by atoms with Crippen LogP contribution >= 0.6 is 12.4 Å². The quantitative estimate of drug-likeness (QED) is 0.618. The summed E-state index contributed by atoms with van der Waals surface area (Å²) in [5.74, 6) is -0.191. The van der Waals surface area contributed by atoms with E-state index >= 15 is 0 Å². The van der Waals surface area contributed by atoms with Crippen molar-refractivity contribution in [2.24, 2.45) is 5.73 Å². The summed E-state index contributed by atoms with van der Waals surface area (Å²) in [6.45, 7) is 2.16. The molecule has 1 aromatic rings. The van der Waals surface area contributed by atoms with Crippen LogP contribution in [0.4, 0.5) is 5.69 Å². The summed E-state index contributed by atoms with van der Waals surface area (Å²) >= 11 is 0. The predicted octanol–water partition coefficient (Wildman–Crippen LogP) is 1.02. The third-order valence-electron chi connectivity index (χ3n) is 2.25. The molecule has 0 radical (unpaired) electrons. The van der Waals surface area contributed by atoms with Gasteiger partial charge in [-0.3, -0.25) is 14.9 Å². The molecule has 100 valence electrons. The molecule has 0 aliphatic heterocycles. The Kier molecular flexibility index (Phi) is 6.92. The van der Waals surface area contributed by atoms with Crippen LogP contribution in [0.2, 0.25) is 0 Å². The van der Waals surface area contributed by atoms with Gasteiger partial charge in [-0.05, 0) is 12.5 Å². The van der Waals surface area contributed by atoms with E-state index in [0.29, 0.717) is 12.1 Å². The van der Waals surface area contributed by atoms with Gasteiger partial charge in [-0.15, -0.1) is 12.4 Å². The average molecular weight is 274 g/mol. The number of carbonyl (C=O) groups is 1. The molecule has 0 spiro atoms. The minimum absolute atomic E-state index is 0. The van der Waals surface area contributed by atoms with Gasteiger partial charge in [0.2, 0.25) is 5.91 Å². The van der Waals surface area contributed by atoms with Crippen molar-refractivity contribution in [2.75, 3.05) is 6.54 Å². The zero-order chi connectivity index (χ0) is 12.8. The number of halogens is 1. The van der Waals surface area contributed by atoms with E-state index in [1.807, 2.05) is 0 Å². The van der Waals surface area contributed by atoms with Gasteiger partial charge in [0.1, 0.15) is 0 Å². The van der Waals surface area contributed by atoms with Crippen LogP contribution in [0.15, 0.2) is 24.3 Å². The van der Waals surface area contributed by atoms with Crippen molar-refractivity contribution in [3.05, 3.63) is 39.9 Å². The number of hydrogen-bond donors (Lipinski definition) is 2. The number of rotatable bonds is 5. The number of nitrogens with two attached hydrogens (primary N) is 1. The highest BCUT2D eigenvalue weighted by atomic mass is 35.5. The molecular weight excluding hydrogens is 258 g/mol. The lowest BCUT2D eigenvalue weighted by Crippen LogP contribution is -2.38. The molecule has 18 heavy (non-hydrogen) atoms. The molecule has 0 fully saturated rings. The Labute approximate surface area is 111 Å². The van der Waals surface area contributed by atoms with Crippen molar-refractivity contribution in [1.29, 1.82) is 0 Å². The van der Waals surface area contributed by atoms with Crippen LogP contribution in [0, 0.1) is 10.1 Å². The molecule has 0 saturated heterocycles. The molecule has 0 saturated carbocycles. The van der Waals surface area contributed by atoms with E-state index in [0.717, 1.165) is 0 Å². The number of nitrogens with one attached hydrogen (secondary N) is 1. The zero-order valence-corrected chi connectivity index (χ0v) is 10.8. The number of nitrogens with zero attached hydrogens (tertiary/aromatic N) is 1. The van der Waals surface area contributed by atoms with Gasteiger partial charge < -0.3 is 11.1 Å². The summed E-state index contributed by atoms with van der Waals surface area (Å²) in [5, 5.41) is 13.2. The van der Waals surface area contributed by atoms with Gasteiger partial charge in [-0.2, -0.15) is 0 Å². The van der Waals surface area contributed by atoms with Crippen molar-refractivity contribution >= 4 is 24.0 Å². The van der Waals surface area contributed by atoms with Gasteiger partial charge >= 0.3 is 0 Å². The van der Waals surface area contributed by atoms with E-state index in [-0.39, 0.29) is 36.5 Å². The van der Waals surface area contributed by atoms with E-state index in [1.165, 1.54) is 12.1 Å². The van der Waals surface area contributed by atoms with Crippen LogP contribution in [-0.4, -0.2) is 23.4 Å². The van der Waals surface area contributed by atoms with Gasteiger partial charge in [0.05, 0.1) is 11.3 Å². The number of carbonyl (C=O) groups excluding carboxylic acids is 1. The molecule has 1 rings (SSSR count). The summed E-state index contributed by atoms with van der Waals surface area (Å²) in [6.07, 6.45) is 0.117. The molecule has 1 atom stereocenters. The maximum atomic E-state index is 11.5. The molecule has 1 amide bonds. The highest BCUT2D eigenvalue weighted by Gasteiger charge is 2.10. The van der Waals surface area contributed by atoms with Crippen LogP contribution in [0.5, 0.6) is 0 Å². The summed E-state index contributed by atoms with van der Waals surface area (Å²) in [7, 11) is 0. The van der Waals surface area contributed by atoms with E-state index in [2.05, 4.69) is 5.32 Å². The summed E-state index contributed by atoms with van der Waals surface area (Å²) in [4.78, 5) is 21.6. The molecule has 6 nitrogen and oxygen atoms in total. The second-order valence-corrected chi connectivity index (χ2v) is 3.81. The van der Waals surface area contributed by atoms with Crippen LogP contribution in [-0.2, 0) is 11.2 Å². The number of amides is 1. The lowest BCUT2D eigenvalue weighted by molar-refractivity contribution is -0.384. The molecule has 0 bridgehead atoms. The van der Waals surface area contributed by atoms with Gasteiger partial charge in [0.25, 0.3) is 5.69 Å². The fourth-order valence-electron chi connectivity index (χ4n) is 1.35. The highest BCUT2D eigenvalue weighted by Crippen LogP contribution is 2.13. The van der Waals surface area contributed by atoms with E-state index in [4.69, 9.17) is 5.73 Å². The third kappa shape index (κ3) is 5.11. The van der Waals surface area contributed by atoms with Gasteiger partial charge in [0, 0.05) is 24.7 Å². The average Bonchev–Trinajstić information content (AvgIpc) is 2.28. The Morgan fingerprint density at radius 1 is 1.56 bits per heavy atom. The second-order valence-electron chi connectivity index (χ2n) is 3.81. The van der Waals surface area contributed by atoms with Crippen LogP contribution in [0.25, 0.3) is 0 Å². The molecule has 1 aromatic carbocycles. The van der Waals surface area contributed by atoms with Crippen molar-refractivity contribution in [3.63, 3.8) is 0 Å². The zero-order valence-electron chi connectivity index (χ0n) is 9.96. The first-order valence-corrected chi connectivity index (χ1v) is 5.25. The van der Waals surface area contributed by atoms with Crippen molar-refractivity contribution < 1.29 is 9.72 Å². The normalized spacial score (nSPS) is 11.2. The van der Waals surface area contributed by atoms with Gasteiger partial charge in [-0.25, -0.2) is 0 Å². The number of non-ortho nitro benzene ring substituents is 1. The minimum Gasteiger partial charge on any atom is -0.352 e. The van der Waals surface area contributed by atoms with E-state index < -0.39 is 4.92 Å². The Hall–Kier alpha value is -1.66. The topological polar surface area (TPSA) is 98.3 Å². The lowest BCUT2D eigenvalue weighted by Gasteiger charge is -2.10.